The fourth-order valence-corrected chi connectivity index (χ4v) is 2.07. The van der Waals surface area contributed by atoms with E-state index >= 15 is 0 Å². The molecule has 0 radical (unpaired) electrons. The largest absolute Gasteiger partial charge is 0.396 e. The number of ether oxygens (including phenoxy) is 6. The lowest BCUT2D eigenvalue weighted by molar-refractivity contribution is -0.0297. The van der Waals surface area contributed by atoms with Crippen molar-refractivity contribution in [1.29, 1.82) is 0 Å². The van der Waals surface area contributed by atoms with E-state index in [0.29, 0.717) is 98.9 Å². The van der Waals surface area contributed by atoms with Crippen LogP contribution in [0.2, 0.25) is 0 Å². The highest BCUT2D eigenvalue weighted by Crippen LogP contribution is 1.94. The Kier molecular flexibility index (Phi) is 24.3. The molecule has 0 aromatic carbocycles. The second-order valence-corrected chi connectivity index (χ2v) is 5.87. The maximum Gasteiger partial charge on any atom is 0.0992 e. The van der Waals surface area contributed by atoms with Crippen LogP contribution in [0.3, 0.4) is 0 Å². The van der Waals surface area contributed by atoms with Gasteiger partial charge in [-0.2, -0.15) is 0 Å². The second kappa shape index (κ2) is 24.6. The number of aliphatic hydroxyl groups is 1. The van der Waals surface area contributed by atoms with Crippen LogP contribution >= 0.6 is 0 Å². The molecule has 170 valence electrons. The van der Waals surface area contributed by atoms with Gasteiger partial charge in [-0.15, -0.1) is 0 Å². The molecule has 0 aromatic heterocycles. The average molecular weight is 412 g/mol. The lowest BCUT2D eigenvalue weighted by atomic mass is 10.4. The Hall–Kier alpha value is -0.400. The number of aliphatic hydroxyl groups excluding tert-OH is 1. The molecule has 10 nitrogen and oxygen atoms in total. The van der Waals surface area contributed by atoms with E-state index < -0.39 is 0 Å². The first kappa shape index (κ1) is 27.6. The molecule has 0 heterocycles. The fraction of sp³-hybridized carbons (Fsp3) is 1.00. The zero-order chi connectivity index (χ0) is 20.5. The minimum Gasteiger partial charge on any atom is -0.396 e. The van der Waals surface area contributed by atoms with Crippen molar-refractivity contribution in [2.45, 2.75) is 6.42 Å². The summed E-state index contributed by atoms with van der Waals surface area (Å²) in [6.07, 6.45) is 0.699. The van der Waals surface area contributed by atoms with Gasteiger partial charge in [0.15, 0.2) is 0 Å². The van der Waals surface area contributed by atoms with Gasteiger partial charge in [-0.3, -0.25) is 4.90 Å². The average Bonchev–Trinajstić information content (AvgIpc) is 2.71. The van der Waals surface area contributed by atoms with Gasteiger partial charge in [0.25, 0.3) is 0 Å². The quantitative estimate of drug-likeness (QED) is 0.129. The Balaban J connectivity index is 3.52. The number of hydrogen-bond acceptors (Lipinski definition) is 10. The summed E-state index contributed by atoms with van der Waals surface area (Å²) in [4.78, 5) is 2.10. The van der Waals surface area contributed by atoms with Gasteiger partial charge in [0.2, 0.25) is 0 Å². The maximum absolute atomic E-state index is 9.02. The first-order valence-electron chi connectivity index (χ1n) is 10.0. The molecule has 0 unspecified atom stereocenters. The van der Waals surface area contributed by atoms with Crippen LogP contribution in [-0.2, 0) is 28.4 Å². The molecule has 10 heteroatoms. The molecule has 0 aliphatic heterocycles. The summed E-state index contributed by atoms with van der Waals surface area (Å²) in [5, 5.41) is 9.02. The Morgan fingerprint density at radius 1 is 0.536 bits per heavy atom. The number of nitrogens with zero attached hydrogens (tertiary/aromatic N) is 1. The van der Waals surface area contributed by atoms with E-state index in [9.17, 15) is 0 Å². The van der Waals surface area contributed by atoms with Gasteiger partial charge in [0, 0.05) is 32.8 Å². The fourth-order valence-electron chi connectivity index (χ4n) is 2.07. The Morgan fingerprint density at radius 3 is 1.43 bits per heavy atom. The molecule has 0 spiro atoms. The monoisotopic (exact) mass is 411 g/mol. The van der Waals surface area contributed by atoms with Crippen molar-refractivity contribution < 1.29 is 33.5 Å². The van der Waals surface area contributed by atoms with Gasteiger partial charge in [-0.1, -0.05) is 0 Å². The Morgan fingerprint density at radius 2 is 0.964 bits per heavy atom. The zero-order valence-electron chi connectivity index (χ0n) is 17.2. The smallest absolute Gasteiger partial charge is 0.0992 e. The van der Waals surface area contributed by atoms with Crippen molar-refractivity contribution in [3.63, 3.8) is 0 Å². The molecule has 0 amide bonds. The van der Waals surface area contributed by atoms with Crippen molar-refractivity contribution in [2.24, 2.45) is 11.5 Å². The van der Waals surface area contributed by atoms with Crippen LogP contribution in [0.5, 0.6) is 0 Å². The van der Waals surface area contributed by atoms with Crippen molar-refractivity contribution in [1.82, 2.24) is 4.90 Å². The first-order chi connectivity index (χ1) is 13.8. The molecular formula is C18H41N3O7. The van der Waals surface area contributed by atoms with E-state index in [1.807, 2.05) is 0 Å². The maximum atomic E-state index is 9.02. The summed E-state index contributed by atoms with van der Waals surface area (Å²) in [7, 11) is 0. The second-order valence-electron chi connectivity index (χ2n) is 5.87. The van der Waals surface area contributed by atoms with Gasteiger partial charge < -0.3 is 45.0 Å². The summed E-state index contributed by atoms with van der Waals surface area (Å²) in [5.41, 5.74) is 10.7. The highest BCUT2D eigenvalue weighted by Gasteiger charge is 2.05. The van der Waals surface area contributed by atoms with Gasteiger partial charge in [-0.05, 0) is 6.42 Å². The molecule has 28 heavy (non-hydrogen) atoms. The minimum absolute atomic E-state index is 0.156. The molecular weight excluding hydrogens is 370 g/mol. The van der Waals surface area contributed by atoms with Crippen LogP contribution in [-0.4, -0.2) is 122 Å². The van der Waals surface area contributed by atoms with E-state index in [-0.39, 0.29) is 6.61 Å². The van der Waals surface area contributed by atoms with Crippen LogP contribution in [0, 0.1) is 0 Å². The lowest BCUT2D eigenvalue weighted by Gasteiger charge is -2.21. The highest BCUT2D eigenvalue weighted by atomic mass is 16.6. The molecule has 5 N–H and O–H groups in total. The van der Waals surface area contributed by atoms with Gasteiger partial charge >= 0.3 is 0 Å². The van der Waals surface area contributed by atoms with E-state index in [2.05, 4.69) is 4.90 Å². The van der Waals surface area contributed by atoms with Crippen molar-refractivity contribution in [3.8, 4) is 0 Å². The van der Waals surface area contributed by atoms with E-state index in [1.54, 1.807) is 0 Å². The van der Waals surface area contributed by atoms with Crippen LogP contribution in [0.4, 0.5) is 0 Å². The molecule has 0 aliphatic rings. The number of hydrogen-bond donors (Lipinski definition) is 3. The third kappa shape index (κ3) is 21.9. The van der Waals surface area contributed by atoms with Crippen LogP contribution in [0.25, 0.3) is 0 Å². The summed E-state index contributed by atoms with van der Waals surface area (Å²) in [6.45, 7) is 9.11. The molecule has 0 rings (SSSR count). The van der Waals surface area contributed by atoms with Gasteiger partial charge in [0.05, 0.1) is 79.4 Å². The Labute approximate surface area is 169 Å². The molecule has 0 saturated heterocycles. The molecule has 0 saturated carbocycles. The topological polar surface area (TPSA) is 131 Å². The molecule has 0 bridgehead atoms. The predicted octanol–water partition coefficient (Wildman–Crippen LogP) is -1.35. The van der Waals surface area contributed by atoms with Crippen LogP contribution in [0.1, 0.15) is 6.42 Å². The SMILES string of the molecule is NCCOCCOCCOCCN(CCCO)COCCOCCOCCN. The van der Waals surface area contributed by atoms with Gasteiger partial charge in [0.1, 0.15) is 0 Å². The minimum atomic E-state index is 0.156. The lowest BCUT2D eigenvalue weighted by Crippen LogP contribution is -2.32. The molecule has 0 aliphatic carbocycles. The van der Waals surface area contributed by atoms with Crippen molar-refractivity contribution >= 4 is 0 Å². The number of nitrogens with two attached hydrogens (primary N) is 2. The first-order valence-corrected chi connectivity index (χ1v) is 10.0. The van der Waals surface area contributed by atoms with E-state index in [4.69, 9.17) is 45.0 Å². The van der Waals surface area contributed by atoms with Crippen LogP contribution < -0.4 is 11.5 Å². The molecule has 0 aromatic rings. The number of rotatable bonds is 24. The van der Waals surface area contributed by atoms with E-state index in [1.165, 1.54) is 0 Å². The predicted molar refractivity (Wildman–Crippen MR) is 106 cm³/mol. The van der Waals surface area contributed by atoms with Crippen LogP contribution in [0.15, 0.2) is 0 Å². The third-order valence-corrected chi connectivity index (χ3v) is 3.47. The normalized spacial score (nSPS) is 11.6. The summed E-state index contributed by atoms with van der Waals surface area (Å²) in [5.74, 6) is 0. The zero-order valence-corrected chi connectivity index (χ0v) is 17.2. The summed E-state index contributed by atoms with van der Waals surface area (Å²) < 4.78 is 32.4. The van der Waals surface area contributed by atoms with E-state index in [0.717, 1.165) is 13.1 Å². The summed E-state index contributed by atoms with van der Waals surface area (Å²) in [6, 6.07) is 0. The van der Waals surface area contributed by atoms with Gasteiger partial charge in [-0.25, -0.2) is 0 Å². The standard InChI is InChI=1S/C18H41N3O7/c19-2-7-23-10-13-26-15-12-25-9-5-21(4-1-6-22)18-28-17-16-27-14-11-24-8-3-20/h22H,1-20H2. The van der Waals surface area contributed by atoms with Crippen molar-refractivity contribution in [2.75, 3.05) is 112 Å². The van der Waals surface area contributed by atoms with Crippen molar-refractivity contribution in [3.05, 3.63) is 0 Å². The molecule has 0 atom stereocenters. The Bertz CT molecular complexity index is 292. The highest BCUT2D eigenvalue weighted by molar-refractivity contribution is 4.53. The third-order valence-electron chi connectivity index (χ3n) is 3.47. The molecule has 0 fully saturated rings. The summed E-state index contributed by atoms with van der Waals surface area (Å²) >= 11 is 0.